The van der Waals surface area contributed by atoms with Gasteiger partial charge in [0.1, 0.15) is 5.60 Å². The van der Waals surface area contributed by atoms with Crippen LogP contribution in [0.25, 0.3) is 0 Å². The van der Waals surface area contributed by atoms with Crippen molar-refractivity contribution in [1.82, 2.24) is 5.32 Å². The van der Waals surface area contributed by atoms with Gasteiger partial charge < -0.3 is 9.47 Å². The number of amides is 1. The van der Waals surface area contributed by atoms with Crippen molar-refractivity contribution >= 4 is 35.3 Å². The summed E-state index contributed by atoms with van der Waals surface area (Å²) >= 11 is 12.4. The Hall–Kier alpha value is -1.20. The molecule has 0 aromatic heterocycles. The first-order valence-corrected chi connectivity index (χ1v) is 7.14. The largest absolute Gasteiger partial charge is 0.469 e. The van der Waals surface area contributed by atoms with Crippen LogP contribution in [0.15, 0.2) is 22.8 Å². The maximum Gasteiger partial charge on any atom is 0.409 e. The van der Waals surface area contributed by atoms with Gasteiger partial charge in [0.25, 0.3) is 0 Å². The SMILES string of the molecule is COC(=O)CC1=CC=C(Cl)C(Cl)(NC(=O)OC(C)(C)C)C1. The minimum Gasteiger partial charge on any atom is -0.469 e. The van der Waals surface area contributed by atoms with E-state index in [1.165, 1.54) is 7.11 Å². The summed E-state index contributed by atoms with van der Waals surface area (Å²) in [4.78, 5) is 21.8. The van der Waals surface area contributed by atoms with Crippen molar-refractivity contribution in [3.05, 3.63) is 22.8 Å². The van der Waals surface area contributed by atoms with Gasteiger partial charge in [0.15, 0.2) is 5.00 Å². The third-order valence-corrected chi connectivity index (χ3v) is 3.59. The minimum absolute atomic E-state index is 0.0850. The second-order valence-electron chi connectivity index (χ2n) is 5.70. The molecular weight excluding hydrogens is 317 g/mol. The number of carbonyl (C=O) groups excluding carboxylic acids is 2. The smallest absolute Gasteiger partial charge is 0.409 e. The Kier molecular flexibility index (Phi) is 5.70. The van der Waals surface area contributed by atoms with Crippen LogP contribution < -0.4 is 5.32 Å². The summed E-state index contributed by atoms with van der Waals surface area (Å²) in [6, 6.07) is 0. The molecule has 1 unspecified atom stereocenters. The van der Waals surface area contributed by atoms with Crippen LogP contribution in [0.4, 0.5) is 4.79 Å². The number of hydrogen-bond acceptors (Lipinski definition) is 4. The number of hydrogen-bond donors (Lipinski definition) is 1. The van der Waals surface area contributed by atoms with Crippen molar-refractivity contribution in [2.75, 3.05) is 7.11 Å². The summed E-state index contributed by atoms with van der Waals surface area (Å²) in [5, 5.41) is 2.79. The fraction of sp³-hybridized carbons (Fsp3) is 0.571. The number of allylic oxidation sites excluding steroid dienone is 2. The monoisotopic (exact) mass is 335 g/mol. The zero-order chi connectivity index (χ0) is 16.3. The topological polar surface area (TPSA) is 64.6 Å². The number of halogens is 2. The average molecular weight is 336 g/mol. The van der Waals surface area contributed by atoms with Gasteiger partial charge in [-0.05, 0) is 26.8 Å². The van der Waals surface area contributed by atoms with Crippen LogP contribution in [0.5, 0.6) is 0 Å². The molecular formula is C14H19Cl2NO4. The van der Waals surface area contributed by atoms with E-state index in [4.69, 9.17) is 27.9 Å². The summed E-state index contributed by atoms with van der Waals surface area (Å²) in [5.74, 6) is -0.385. The lowest BCUT2D eigenvalue weighted by molar-refractivity contribution is -0.139. The molecule has 0 aromatic rings. The second-order valence-corrected chi connectivity index (χ2v) is 6.75. The maximum atomic E-state index is 11.8. The lowest BCUT2D eigenvalue weighted by atomic mass is 9.97. The highest BCUT2D eigenvalue weighted by Gasteiger charge is 2.37. The van der Waals surface area contributed by atoms with E-state index in [1.807, 2.05) is 0 Å². The van der Waals surface area contributed by atoms with E-state index in [9.17, 15) is 9.59 Å². The molecule has 5 nitrogen and oxygen atoms in total. The zero-order valence-electron chi connectivity index (χ0n) is 12.5. The molecule has 1 aliphatic carbocycles. The number of alkyl carbamates (subject to hydrolysis) is 1. The minimum atomic E-state index is -1.32. The molecule has 0 saturated carbocycles. The first kappa shape index (κ1) is 17.9. The fourth-order valence-electron chi connectivity index (χ4n) is 1.73. The molecule has 0 spiro atoms. The van der Waals surface area contributed by atoms with Crippen molar-refractivity contribution < 1.29 is 19.1 Å². The van der Waals surface area contributed by atoms with E-state index in [0.29, 0.717) is 5.57 Å². The molecule has 0 bridgehead atoms. The lowest BCUT2D eigenvalue weighted by Crippen LogP contribution is -2.47. The molecule has 0 radical (unpaired) electrons. The highest BCUT2D eigenvalue weighted by molar-refractivity contribution is 6.40. The average Bonchev–Trinajstić information content (AvgIpc) is 2.31. The third kappa shape index (κ3) is 5.59. The van der Waals surface area contributed by atoms with Crippen molar-refractivity contribution in [2.45, 2.75) is 44.2 Å². The summed E-state index contributed by atoms with van der Waals surface area (Å²) in [6.45, 7) is 5.23. The summed E-state index contributed by atoms with van der Waals surface area (Å²) in [5.41, 5.74) is 0.0599. The Bertz CT molecular complexity index is 494. The zero-order valence-corrected chi connectivity index (χ0v) is 14.0. The number of nitrogens with one attached hydrogen (secondary N) is 1. The quantitative estimate of drug-likeness (QED) is 0.487. The van der Waals surface area contributed by atoms with E-state index in [-0.39, 0.29) is 23.8 Å². The van der Waals surface area contributed by atoms with Crippen molar-refractivity contribution in [1.29, 1.82) is 0 Å². The fourth-order valence-corrected chi connectivity index (χ4v) is 2.22. The van der Waals surface area contributed by atoms with E-state index in [0.717, 1.165) is 0 Å². The molecule has 118 valence electrons. The molecule has 0 fully saturated rings. The molecule has 0 aromatic carbocycles. The molecule has 21 heavy (non-hydrogen) atoms. The highest BCUT2D eigenvalue weighted by Crippen LogP contribution is 2.37. The van der Waals surface area contributed by atoms with Crippen LogP contribution in [0, 0.1) is 0 Å². The summed E-state index contributed by atoms with van der Waals surface area (Å²) in [6.07, 6.45) is 2.84. The van der Waals surface area contributed by atoms with Gasteiger partial charge in [-0.1, -0.05) is 34.9 Å². The molecule has 0 saturated heterocycles. The predicted molar refractivity (Wildman–Crippen MR) is 81.2 cm³/mol. The molecule has 0 aliphatic heterocycles. The second kappa shape index (κ2) is 6.71. The number of rotatable bonds is 3. The molecule has 1 atom stereocenters. The van der Waals surface area contributed by atoms with Gasteiger partial charge in [-0.2, -0.15) is 0 Å². The molecule has 0 heterocycles. The molecule has 1 aliphatic rings. The van der Waals surface area contributed by atoms with Crippen LogP contribution in [-0.4, -0.2) is 29.8 Å². The highest BCUT2D eigenvalue weighted by atomic mass is 35.5. The molecule has 1 N–H and O–H groups in total. The Labute approximate surface area is 134 Å². The number of ether oxygens (including phenoxy) is 2. The van der Waals surface area contributed by atoms with Gasteiger partial charge in [0, 0.05) is 6.42 Å². The number of alkyl halides is 1. The van der Waals surface area contributed by atoms with E-state index >= 15 is 0 Å². The van der Waals surface area contributed by atoms with Crippen molar-refractivity contribution in [3.63, 3.8) is 0 Å². The van der Waals surface area contributed by atoms with Gasteiger partial charge in [-0.3, -0.25) is 10.1 Å². The molecule has 1 amide bonds. The predicted octanol–water partition coefficient (Wildman–Crippen LogP) is 3.46. The normalized spacial score (nSPS) is 22.0. The van der Waals surface area contributed by atoms with Crippen LogP contribution >= 0.6 is 23.2 Å². The number of carbonyl (C=O) groups is 2. The van der Waals surface area contributed by atoms with E-state index < -0.39 is 16.7 Å². The molecule has 1 rings (SSSR count). The van der Waals surface area contributed by atoms with Crippen molar-refractivity contribution in [2.24, 2.45) is 0 Å². The van der Waals surface area contributed by atoms with Crippen LogP contribution in [0.1, 0.15) is 33.6 Å². The Morgan fingerprint density at radius 3 is 2.52 bits per heavy atom. The Morgan fingerprint density at radius 2 is 2.00 bits per heavy atom. The number of esters is 1. The van der Waals surface area contributed by atoms with Gasteiger partial charge in [0.05, 0.1) is 18.6 Å². The molecule has 7 heteroatoms. The first-order chi connectivity index (χ1) is 9.55. The first-order valence-electron chi connectivity index (χ1n) is 6.38. The lowest BCUT2D eigenvalue weighted by Gasteiger charge is -2.32. The van der Waals surface area contributed by atoms with Crippen LogP contribution in [0.2, 0.25) is 0 Å². The van der Waals surface area contributed by atoms with Gasteiger partial charge in [-0.15, -0.1) is 0 Å². The Balaban J connectivity index is 2.77. The van der Waals surface area contributed by atoms with Crippen LogP contribution in [-0.2, 0) is 14.3 Å². The number of methoxy groups -OCH3 is 1. The van der Waals surface area contributed by atoms with Gasteiger partial charge in [0.2, 0.25) is 0 Å². The third-order valence-electron chi connectivity index (χ3n) is 2.61. The van der Waals surface area contributed by atoms with Crippen molar-refractivity contribution in [3.8, 4) is 0 Å². The summed E-state index contributed by atoms with van der Waals surface area (Å²) in [7, 11) is 1.31. The standard InChI is InChI=1S/C14H19Cl2NO4/c1-13(2,3)21-12(19)17-14(16)8-9(5-6-10(14)15)7-11(18)20-4/h5-6H,7-8H2,1-4H3,(H,17,19). The Morgan fingerprint density at radius 1 is 1.38 bits per heavy atom. The van der Waals surface area contributed by atoms with Gasteiger partial charge in [-0.25, -0.2) is 4.79 Å². The van der Waals surface area contributed by atoms with Gasteiger partial charge >= 0.3 is 12.1 Å². The summed E-state index contributed by atoms with van der Waals surface area (Å²) < 4.78 is 9.77. The van der Waals surface area contributed by atoms with E-state index in [1.54, 1.807) is 32.9 Å². The van der Waals surface area contributed by atoms with E-state index in [2.05, 4.69) is 10.1 Å². The maximum absolute atomic E-state index is 11.8. The van der Waals surface area contributed by atoms with Crippen LogP contribution in [0.3, 0.4) is 0 Å².